The first-order valence-corrected chi connectivity index (χ1v) is 5.05. The second-order valence-electron chi connectivity index (χ2n) is 3.65. The minimum atomic E-state index is 0.280. The van der Waals surface area contributed by atoms with Gasteiger partial charge in [0, 0.05) is 18.4 Å². The Balaban J connectivity index is 2.60. The van der Waals surface area contributed by atoms with Gasteiger partial charge in [0.05, 0.1) is 0 Å². The lowest BCUT2D eigenvalue weighted by Gasteiger charge is -2.08. The van der Waals surface area contributed by atoms with Gasteiger partial charge in [-0.25, -0.2) is 0 Å². The largest absolute Gasteiger partial charge is 0.327 e. The maximum atomic E-state index is 5.87. The molecule has 76 valence electrons. The molecule has 0 bridgehead atoms. The summed E-state index contributed by atoms with van der Waals surface area (Å²) in [5, 5.41) is 0. The fourth-order valence-electron chi connectivity index (χ4n) is 1.36. The highest BCUT2D eigenvalue weighted by molar-refractivity contribution is 5.50. The average Bonchev–Trinajstić information content (AvgIpc) is 2.19. The molecule has 0 saturated heterocycles. The fourth-order valence-corrected chi connectivity index (χ4v) is 1.36. The van der Waals surface area contributed by atoms with Gasteiger partial charge in [-0.1, -0.05) is 24.6 Å². The normalized spacial score (nSPS) is 14.1. The van der Waals surface area contributed by atoms with Crippen LogP contribution in [0.1, 0.15) is 32.3 Å². The van der Waals surface area contributed by atoms with Gasteiger partial charge in [-0.05, 0) is 31.4 Å². The molecule has 1 rings (SSSR count). The van der Waals surface area contributed by atoms with Crippen molar-refractivity contribution < 1.29 is 0 Å². The van der Waals surface area contributed by atoms with Gasteiger partial charge in [-0.3, -0.25) is 4.98 Å². The molecule has 0 fully saturated rings. The summed E-state index contributed by atoms with van der Waals surface area (Å²) in [4.78, 5) is 4.06. The average molecular weight is 190 g/mol. The molecule has 14 heavy (non-hydrogen) atoms. The van der Waals surface area contributed by atoms with Crippen molar-refractivity contribution in [2.45, 2.75) is 32.7 Å². The second kappa shape index (κ2) is 5.55. The van der Waals surface area contributed by atoms with E-state index >= 15 is 0 Å². The lowest BCUT2D eigenvalue weighted by atomic mass is 10.0. The molecule has 0 aliphatic heterocycles. The van der Waals surface area contributed by atoms with E-state index in [1.54, 1.807) is 6.20 Å². The molecule has 0 radical (unpaired) electrons. The van der Waals surface area contributed by atoms with E-state index in [2.05, 4.69) is 24.9 Å². The van der Waals surface area contributed by atoms with Crippen LogP contribution in [0.15, 0.2) is 30.1 Å². The van der Waals surface area contributed by atoms with E-state index in [1.807, 2.05) is 18.3 Å². The van der Waals surface area contributed by atoms with Crippen molar-refractivity contribution in [3.05, 3.63) is 35.7 Å². The minimum absolute atomic E-state index is 0.280. The molecule has 0 spiro atoms. The van der Waals surface area contributed by atoms with Crippen LogP contribution < -0.4 is 5.73 Å². The van der Waals surface area contributed by atoms with Gasteiger partial charge in [0.25, 0.3) is 0 Å². The van der Waals surface area contributed by atoms with Crippen molar-refractivity contribution >= 4 is 6.08 Å². The summed E-state index contributed by atoms with van der Waals surface area (Å²) in [5.74, 6) is 0. The van der Waals surface area contributed by atoms with Crippen LogP contribution >= 0.6 is 0 Å². The van der Waals surface area contributed by atoms with Gasteiger partial charge in [0.1, 0.15) is 0 Å². The molecule has 1 aromatic rings. The molecular formula is C12H18N2. The zero-order chi connectivity index (χ0) is 10.4. The summed E-state index contributed by atoms with van der Waals surface area (Å²) in [7, 11) is 0. The molecule has 1 unspecified atom stereocenters. The van der Waals surface area contributed by atoms with Gasteiger partial charge in [0.2, 0.25) is 0 Å². The molecule has 0 aliphatic rings. The van der Waals surface area contributed by atoms with Gasteiger partial charge in [0.15, 0.2) is 0 Å². The number of nitrogens with zero attached hydrogens (tertiary/aromatic N) is 1. The summed E-state index contributed by atoms with van der Waals surface area (Å²) in [5.41, 5.74) is 8.33. The summed E-state index contributed by atoms with van der Waals surface area (Å²) in [6.45, 7) is 4.23. The molecule has 1 atom stereocenters. The Morgan fingerprint density at radius 3 is 3.00 bits per heavy atom. The molecule has 0 aromatic carbocycles. The third-order valence-electron chi connectivity index (χ3n) is 2.21. The van der Waals surface area contributed by atoms with Crippen molar-refractivity contribution in [2.75, 3.05) is 0 Å². The van der Waals surface area contributed by atoms with Crippen molar-refractivity contribution in [3.8, 4) is 0 Å². The van der Waals surface area contributed by atoms with Crippen LogP contribution in [0.2, 0.25) is 0 Å². The molecule has 2 nitrogen and oxygen atoms in total. The molecule has 1 aromatic heterocycles. The van der Waals surface area contributed by atoms with Crippen molar-refractivity contribution in [1.82, 2.24) is 4.98 Å². The zero-order valence-corrected chi connectivity index (χ0v) is 8.90. The summed E-state index contributed by atoms with van der Waals surface area (Å²) >= 11 is 0. The Kier molecular flexibility index (Phi) is 4.33. The minimum Gasteiger partial charge on any atom is -0.327 e. The molecular weight excluding hydrogens is 172 g/mol. The van der Waals surface area contributed by atoms with Crippen LogP contribution in [-0.2, 0) is 0 Å². The number of pyridine rings is 1. The predicted molar refractivity (Wildman–Crippen MR) is 60.8 cm³/mol. The predicted octanol–water partition coefficient (Wildman–Crippen LogP) is 2.61. The van der Waals surface area contributed by atoms with Gasteiger partial charge in [-0.2, -0.15) is 0 Å². The fraction of sp³-hybridized carbons (Fsp3) is 0.417. The molecule has 0 saturated carbocycles. The van der Waals surface area contributed by atoms with Crippen LogP contribution in [0.4, 0.5) is 0 Å². The van der Waals surface area contributed by atoms with E-state index in [4.69, 9.17) is 5.73 Å². The third-order valence-corrected chi connectivity index (χ3v) is 2.21. The van der Waals surface area contributed by atoms with Crippen LogP contribution in [-0.4, -0.2) is 11.0 Å². The number of hydrogen-bond acceptors (Lipinski definition) is 2. The highest BCUT2D eigenvalue weighted by Crippen LogP contribution is 2.10. The quantitative estimate of drug-likeness (QED) is 0.792. The Labute approximate surface area is 85.9 Å². The van der Waals surface area contributed by atoms with E-state index in [0.29, 0.717) is 0 Å². The Bertz CT molecular complexity index is 290. The van der Waals surface area contributed by atoms with E-state index < -0.39 is 0 Å². The monoisotopic (exact) mass is 190 g/mol. The van der Waals surface area contributed by atoms with Crippen LogP contribution in [0, 0.1) is 0 Å². The molecule has 0 aliphatic carbocycles. The van der Waals surface area contributed by atoms with Gasteiger partial charge >= 0.3 is 0 Å². The molecule has 2 heteroatoms. The first-order chi connectivity index (χ1) is 6.72. The highest BCUT2D eigenvalue weighted by Gasteiger charge is 1.99. The maximum Gasteiger partial charge on any atom is 0.0340 e. The summed E-state index contributed by atoms with van der Waals surface area (Å²) in [6.07, 6.45) is 7.78. The molecule has 2 N–H and O–H groups in total. The maximum absolute atomic E-state index is 5.87. The van der Waals surface area contributed by atoms with E-state index in [9.17, 15) is 0 Å². The van der Waals surface area contributed by atoms with Crippen LogP contribution in [0.25, 0.3) is 6.08 Å². The van der Waals surface area contributed by atoms with Crippen LogP contribution in [0.5, 0.6) is 0 Å². The van der Waals surface area contributed by atoms with Crippen LogP contribution in [0.3, 0.4) is 0 Å². The van der Waals surface area contributed by atoms with Crippen molar-refractivity contribution in [3.63, 3.8) is 0 Å². The number of aromatic nitrogens is 1. The summed E-state index contributed by atoms with van der Waals surface area (Å²) in [6, 6.07) is 4.27. The van der Waals surface area contributed by atoms with Crippen molar-refractivity contribution in [1.29, 1.82) is 0 Å². The summed E-state index contributed by atoms with van der Waals surface area (Å²) < 4.78 is 0. The number of rotatable bonds is 4. The highest BCUT2D eigenvalue weighted by atomic mass is 14.6. The number of hydrogen-bond donors (Lipinski definition) is 1. The first-order valence-electron chi connectivity index (χ1n) is 5.05. The van der Waals surface area contributed by atoms with E-state index in [0.717, 1.165) is 18.4 Å². The van der Waals surface area contributed by atoms with Crippen molar-refractivity contribution in [2.24, 2.45) is 5.73 Å². The molecule has 1 heterocycles. The number of nitrogens with two attached hydrogens (primary N) is 1. The zero-order valence-electron chi connectivity index (χ0n) is 8.90. The van der Waals surface area contributed by atoms with E-state index in [1.165, 1.54) is 5.57 Å². The lowest BCUT2D eigenvalue weighted by Crippen LogP contribution is -2.18. The Morgan fingerprint density at radius 2 is 2.43 bits per heavy atom. The van der Waals surface area contributed by atoms with Gasteiger partial charge in [-0.15, -0.1) is 0 Å². The molecule has 0 amide bonds. The second-order valence-corrected chi connectivity index (χ2v) is 3.65. The topological polar surface area (TPSA) is 38.9 Å². The third kappa shape index (κ3) is 3.71. The Hall–Kier alpha value is -1.15. The first kappa shape index (κ1) is 10.9. The van der Waals surface area contributed by atoms with E-state index in [-0.39, 0.29) is 6.04 Å². The lowest BCUT2D eigenvalue weighted by molar-refractivity contribution is 0.644. The smallest absolute Gasteiger partial charge is 0.0340 e. The Morgan fingerprint density at radius 1 is 1.64 bits per heavy atom. The SMILES string of the molecule is CCC(N)C/C(C)=C/c1cccnc1. The van der Waals surface area contributed by atoms with Gasteiger partial charge < -0.3 is 5.73 Å². The standard InChI is InChI=1S/C12H18N2/c1-3-12(13)8-10(2)7-11-5-4-6-14-9-11/h4-7,9,12H,3,8,13H2,1-2H3/b10-7+.